The zero-order valence-electron chi connectivity index (χ0n) is 14.6. The topological polar surface area (TPSA) is 57.6 Å². The molecule has 4 nitrogen and oxygen atoms in total. The number of hydrogen-bond acceptors (Lipinski definition) is 3. The number of hydrogen-bond donors (Lipinski definition) is 1. The highest BCUT2D eigenvalue weighted by Crippen LogP contribution is 2.41. The number of aliphatic hydroxyl groups excluding tert-OH is 1. The average molecular weight is 353 g/mol. The molecule has 134 valence electrons. The summed E-state index contributed by atoms with van der Waals surface area (Å²) < 4.78 is 13.7. The molecular formula is C21H20FNO3. The fourth-order valence-corrected chi connectivity index (χ4v) is 3.21. The molecule has 0 saturated heterocycles. The van der Waals surface area contributed by atoms with Crippen LogP contribution in [0.15, 0.2) is 65.9 Å². The third-order valence-corrected chi connectivity index (χ3v) is 4.30. The van der Waals surface area contributed by atoms with Crippen molar-refractivity contribution in [1.29, 1.82) is 0 Å². The van der Waals surface area contributed by atoms with Gasteiger partial charge in [-0.05, 0) is 29.7 Å². The smallest absolute Gasteiger partial charge is 0.294 e. The van der Waals surface area contributed by atoms with E-state index in [9.17, 15) is 19.1 Å². The molecule has 1 aliphatic heterocycles. The number of ketones is 1. The number of Topliss-reactive ketones (excluding diaryl/α,β-unsaturated/α-hetero) is 1. The third kappa shape index (κ3) is 3.25. The SMILES string of the molecule is CC(C)CC(=O)C1=C(O)C(=O)N(c2cccc(F)c2)C1c1ccccc1. The fraction of sp³-hybridized carbons (Fsp3) is 0.238. The second-order valence-electron chi connectivity index (χ2n) is 6.75. The van der Waals surface area contributed by atoms with E-state index < -0.39 is 23.5 Å². The molecule has 0 aromatic heterocycles. The predicted molar refractivity (Wildman–Crippen MR) is 97.2 cm³/mol. The van der Waals surface area contributed by atoms with E-state index in [0.717, 1.165) is 0 Å². The lowest BCUT2D eigenvalue weighted by Gasteiger charge is -2.27. The lowest BCUT2D eigenvalue weighted by atomic mass is 9.92. The number of carbonyl (C=O) groups excluding carboxylic acids is 2. The third-order valence-electron chi connectivity index (χ3n) is 4.30. The van der Waals surface area contributed by atoms with Gasteiger partial charge in [0.1, 0.15) is 5.82 Å². The Balaban J connectivity index is 2.14. The monoisotopic (exact) mass is 353 g/mol. The summed E-state index contributed by atoms with van der Waals surface area (Å²) in [6.07, 6.45) is 0.215. The van der Waals surface area contributed by atoms with Crippen LogP contribution in [0.3, 0.4) is 0 Å². The summed E-state index contributed by atoms with van der Waals surface area (Å²) >= 11 is 0. The van der Waals surface area contributed by atoms with Crippen LogP contribution in [0.25, 0.3) is 0 Å². The van der Waals surface area contributed by atoms with Crippen LogP contribution in [0.1, 0.15) is 31.9 Å². The van der Waals surface area contributed by atoms with Gasteiger partial charge in [0.25, 0.3) is 5.91 Å². The maximum absolute atomic E-state index is 13.7. The standard InChI is InChI=1S/C21H20FNO3/c1-13(2)11-17(24)18-19(14-7-4-3-5-8-14)23(21(26)20(18)25)16-10-6-9-15(22)12-16/h3-10,12-13,19,25H,11H2,1-2H3. The van der Waals surface area contributed by atoms with E-state index in [-0.39, 0.29) is 23.7 Å². The normalized spacial score (nSPS) is 17.3. The Bertz CT molecular complexity index is 874. The largest absolute Gasteiger partial charge is 0.503 e. The van der Waals surface area contributed by atoms with Crippen molar-refractivity contribution in [3.63, 3.8) is 0 Å². The van der Waals surface area contributed by atoms with Gasteiger partial charge in [0, 0.05) is 12.1 Å². The summed E-state index contributed by atoms with van der Waals surface area (Å²) in [5.41, 5.74) is 1.04. The molecular weight excluding hydrogens is 333 g/mol. The van der Waals surface area contributed by atoms with Gasteiger partial charge in [-0.25, -0.2) is 4.39 Å². The number of rotatable bonds is 5. The highest BCUT2D eigenvalue weighted by atomic mass is 19.1. The van der Waals surface area contributed by atoms with Gasteiger partial charge in [0.15, 0.2) is 11.5 Å². The van der Waals surface area contributed by atoms with Crippen LogP contribution >= 0.6 is 0 Å². The van der Waals surface area contributed by atoms with Crippen molar-refractivity contribution in [3.8, 4) is 0 Å². The summed E-state index contributed by atoms with van der Waals surface area (Å²) in [7, 11) is 0. The van der Waals surface area contributed by atoms with Crippen LogP contribution in [0.2, 0.25) is 0 Å². The minimum absolute atomic E-state index is 0.0687. The van der Waals surface area contributed by atoms with Crippen molar-refractivity contribution in [3.05, 3.63) is 77.3 Å². The first-order valence-electron chi connectivity index (χ1n) is 8.50. The molecule has 1 unspecified atom stereocenters. The fourth-order valence-electron chi connectivity index (χ4n) is 3.21. The number of carbonyl (C=O) groups is 2. The molecule has 1 amide bonds. The summed E-state index contributed by atoms with van der Waals surface area (Å²) in [6, 6.07) is 13.8. The Kier molecular flexibility index (Phi) is 4.89. The van der Waals surface area contributed by atoms with Crippen molar-refractivity contribution in [1.82, 2.24) is 0 Å². The Morgan fingerprint density at radius 2 is 1.85 bits per heavy atom. The minimum Gasteiger partial charge on any atom is -0.503 e. The predicted octanol–water partition coefficient (Wildman–Crippen LogP) is 4.34. The maximum atomic E-state index is 13.7. The maximum Gasteiger partial charge on any atom is 0.294 e. The first-order valence-corrected chi connectivity index (χ1v) is 8.50. The van der Waals surface area contributed by atoms with Crippen LogP contribution in [0.5, 0.6) is 0 Å². The zero-order valence-corrected chi connectivity index (χ0v) is 14.6. The van der Waals surface area contributed by atoms with Gasteiger partial charge in [-0.2, -0.15) is 0 Å². The Hall–Kier alpha value is -2.95. The van der Waals surface area contributed by atoms with Crippen LogP contribution in [0, 0.1) is 11.7 Å². The molecule has 0 spiro atoms. The molecule has 0 fully saturated rings. The molecule has 1 N–H and O–H groups in total. The van der Waals surface area contributed by atoms with Crippen molar-refractivity contribution < 1.29 is 19.1 Å². The molecule has 1 atom stereocenters. The Labute approximate surface area is 151 Å². The molecule has 1 heterocycles. The molecule has 1 aliphatic rings. The summed E-state index contributed by atoms with van der Waals surface area (Å²) in [5.74, 6) is -1.95. The molecule has 0 aliphatic carbocycles. The summed E-state index contributed by atoms with van der Waals surface area (Å²) in [4.78, 5) is 26.8. The molecule has 2 aromatic rings. The van der Waals surface area contributed by atoms with Crippen molar-refractivity contribution >= 4 is 17.4 Å². The van der Waals surface area contributed by atoms with E-state index in [1.165, 1.54) is 23.1 Å². The zero-order chi connectivity index (χ0) is 18.8. The summed E-state index contributed by atoms with van der Waals surface area (Å²) in [6.45, 7) is 3.79. The number of benzene rings is 2. The molecule has 0 saturated carbocycles. The molecule has 2 aromatic carbocycles. The van der Waals surface area contributed by atoms with Gasteiger partial charge in [0.2, 0.25) is 0 Å². The highest BCUT2D eigenvalue weighted by molar-refractivity contribution is 6.16. The molecule has 0 bridgehead atoms. The Morgan fingerprint density at radius 1 is 1.15 bits per heavy atom. The molecule has 26 heavy (non-hydrogen) atoms. The first kappa shape index (κ1) is 17.9. The minimum atomic E-state index is -0.781. The van der Waals surface area contributed by atoms with Gasteiger partial charge in [-0.1, -0.05) is 50.2 Å². The number of amides is 1. The molecule has 0 radical (unpaired) electrons. The average Bonchev–Trinajstić information content (AvgIpc) is 2.87. The highest BCUT2D eigenvalue weighted by Gasteiger charge is 2.44. The quantitative estimate of drug-likeness (QED) is 0.870. The molecule has 5 heteroatoms. The first-order chi connectivity index (χ1) is 12.4. The van der Waals surface area contributed by atoms with E-state index >= 15 is 0 Å². The number of nitrogens with zero attached hydrogens (tertiary/aromatic N) is 1. The van der Waals surface area contributed by atoms with Gasteiger partial charge >= 0.3 is 0 Å². The van der Waals surface area contributed by atoms with E-state index in [1.807, 2.05) is 19.9 Å². The number of anilines is 1. The number of halogens is 1. The van der Waals surface area contributed by atoms with Crippen molar-refractivity contribution in [2.45, 2.75) is 26.3 Å². The summed E-state index contributed by atoms with van der Waals surface area (Å²) in [5, 5.41) is 10.4. The van der Waals surface area contributed by atoms with Crippen molar-refractivity contribution in [2.75, 3.05) is 4.90 Å². The lowest BCUT2D eigenvalue weighted by Crippen LogP contribution is -2.31. The van der Waals surface area contributed by atoms with Crippen molar-refractivity contribution in [2.24, 2.45) is 5.92 Å². The van der Waals surface area contributed by atoms with E-state index in [2.05, 4.69) is 0 Å². The van der Waals surface area contributed by atoms with Crippen LogP contribution < -0.4 is 4.90 Å². The van der Waals surface area contributed by atoms with E-state index in [0.29, 0.717) is 11.3 Å². The van der Waals surface area contributed by atoms with Crippen LogP contribution in [-0.4, -0.2) is 16.8 Å². The second kappa shape index (κ2) is 7.12. The van der Waals surface area contributed by atoms with Crippen LogP contribution in [0.4, 0.5) is 10.1 Å². The second-order valence-corrected chi connectivity index (χ2v) is 6.75. The number of aliphatic hydroxyl groups is 1. The van der Waals surface area contributed by atoms with Crippen LogP contribution in [-0.2, 0) is 9.59 Å². The van der Waals surface area contributed by atoms with Gasteiger partial charge in [0.05, 0.1) is 11.6 Å². The Morgan fingerprint density at radius 3 is 2.46 bits per heavy atom. The van der Waals surface area contributed by atoms with E-state index in [4.69, 9.17) is 0 Å². The molecule has 3 rings (SSSR count). The lowest BCUT2D eigenvalue weighted by molar-refractivity contribution is -0.118. The van der Waals surface area contributed by atoms with E-state index in [1.54, 1.807) is 30.3 Å². The van der Waals surface area contributed by atoms with Gasteiger partial charge < -0.3 is 5.11 Å². The van der Waals surface area contributed by atoms with Gasteiger partial charge in [-0.3, -0.25) is 14.5 Å². The van der Waals surface area contributed by atoms with Gasteiger partial charge in [-0.15, -0.1) is 0 Å².